The average molecular weight is 424 g/mol. The summed E-state index contributed by atoms with van der Waals surface area (Å²) >= 11 is 0. The quantitative estimate of drug-likeness (QED) is 0.392. The van der Waals surface area contributed by atoms with Gasteiger partial charge < -0.3 is 10.1 Å². The van der Waals surface area contributed by atoms with Gasteiger partial charge in [0.15, 0.2) is 5.03 Å². The van der Waals surface area contributed by atoms with Crippen molar-refractivity contribution in [2.45, 2.75) is 29.7 Å². The lowest BCUT2D eigenvalue weighted by molar-refractivity contribution is 0.314. The van der Waals surface area contributed by atoms with E-state index in [0.29, 0.717) is 28.6 Å². The normalized spacial score (nSPS) is 11.9. The Bertz CT molecular complexity index is 1260. The first kappa shape index (κ1) is 20.4. The molecule has 0 spiro atoms. The van der Waals surface area contributed by atoms with Crippen LogP contribution in [0.2, 0.25) is 0 Å². The van der Waals surface area contributed by atoms with E-state index in [1.165, 1.54) is 0 Å². The van der Waals surface area contributed by atoms with Gasteiger partial charge >= 0.3 is 0 Å². The van der Waals surface area contributed by atoms with E-state index in [1.807, 2.05) is 36.4 Å². The van der Waals surface area contributed by atoms with Crippen molar-refractivity contribution >= 4 is 31.5 Å². The van der Waals surface area contributed by atoms with Crippen molar-refractivity contribution in [3.8, 4) is 5.75 Å². The third-order valence-corrected chi connectivity index (χ3v) is 6.80. The molecule has 7 heteroatoms. The first-order valence-corrected chi connectivity index (χ1v) is 11.6. The van der Waals surface area contributed by atoms with Crippen molar-refractivity contribution in [2.24, 2.45) is 0 Å². The number of hydrogen-bond acceptors (Lipinski definition) is 5. The molecule has 4 aromatic rings. The Morgan fingerprint density at radius 1 is 1.00 bits per heavy atom. The fourth-order valence-electron chi connectivity index (χ4n) is 3.47. The summed E-state index contributed by atoms with van der Waals surface area (Å²) in [5.41, 5.74) is 0.655. The molecule has 0 amide bonds. The zero-order chi connectivity index (χ0) is 21.0. The third-order valence-electron chi connectivity index (χ3n) is 5.05. The van der Waals surface area contributed by atoms with E-state index in [2.05, 4.69) is 22.4 Å². The number of nitrogens with zero attached hydrogens (tertiary/aromatic N) is 1. The lowest BCUT2D eigenvalue weighted by Crippen LogP contribution is -2.21. The third kappa shape index (κ3) is 4.04. The molecule has 0 radical (unpaired) electrons. The molecule has 6 nitrogen and oxygen atoms in total. The fraction of sp³-hybridized carbons (Fsp3) is 0.261. The maximum absolute atomic E-state index is 13.5. The van der Waals surface area contributed by atoms with Gasteiger partial charge in [0.25, 0.3) is 0 Å². The second kappa shape index (κ2) is 8.85. The minimum atomic E-state index is -3.81. The van der Waals surface area contributed by atoms with Crippen LogP contribution in [0.15, 0.2) is 70.6 Å². The number of fused-ring (bicyclic) bond motifs is 2. The predicted molar refractivity (Wildman–Crippen MR) is 119 cm³/mol. The van der Waals surface area contributed by atoms with Crippen molar-refractivity contribution in [1.82, 2.24) is 15.5 Å². The van der Waals surface area contributed by atoms with Crippen molar-refractivity contribution in [1.29, 1.82) is 0 Å². The highest BCUT2D eigenvalue weighted by Gasteiger charge is 2.25. The monoisotopic (exact) mass is 423 g/mol. The van der Waals surface area contributed by atoms with E-state index in [0.717, 1.165) is 31.3 Å². The van der Waals surface area contributed by atoms with Gasteiger partial charge in [0.1, 0.15) is 12.4 Å². The molecule has 0 unspecified atom stereocenters. The molecule has 0 fully saturated rings. The predicted octanol–water partition coefficient (Wildman–Crippen LogP) is 4.32. The molecular formula is C23H25N3O3S. The van der Waals surface area contributed by atoms with Crippen LogP contribution in [-0.4, -0.2) is 38.3 Å². The summed E-state index contributed by atoms with van der Waals surface area (Å²) in [6.45, 7) is 4.37. The topological polar surface area (TPSA) is 84.1 Å². The highest BCUT2D eigenvalue weighted by atomic mass is 32.2. The van der Waals surface area contributed by atoms with Gasteiger partial charge in [-0.3, -0.25) is 5.10 Å². The van der Waals surface area contributed by atoms with Crippen LogP contribution in [0.25, 0.3) is 21.7 Å². The molecule has 0 saturated carbocycles. The molecule has 0 bridgehead atoms. The molecule has 156 valence electrons. The van der Waals surface area contributed by atoms with Crippen LogP contribution in [0.1, 0.15) is 19.8 Å². The van der Waals surface area contributed by atoms with Crippen molar-refractivity contribution < 1.29 is 13.2 Å². The smallest absolute Gasteiger partial charge is 0.226 e. The van der Waals surface area contributed by atoms with Crippen molar-refractivity contribution in [3.05, 3.63) is 60.7 Å². The molecule has 1 aromatic heterocycles. The maximum Gasteiger partial charge on any atom is 0.226 e. The fourth-order valence-corrected chi connectivity index (χ4v) is 5.03. The van der Waals surface area contributed by atoms with Crippen molar-refractivity contribution in [2.75, 3.05) is 19.7 Å². The van der Waals surface area contributed by atoms with Crippen LogP contribution < -0.4 is 10.1 Å². The Kier molecular flexibility index (Phi) is 6.01. The highest BCUT2D eigenvalue weighted by molar-refractivity contribution is 7.91. The summed E-state index contributed by atoms with van der Waals surface area (Å²) in [5, 5.41) is 12.4. The van der Waals surface area contributed by atoms with Crippen LogP contribution in [0, 0.1) is 0 Å². The number of aromatic amines is 1. The van der Waals surface area contributed by atoms with Crippen LogP contribution in [0.5, 0.6) is 5.75 Å². The van der Waals surface area contributed by atoms with Gasteiger partial charge in [-0.05, 0) is 42.6 Å². The van der Waals surface area contributed by atoms with E-state index in [1.54, 1.807) is 24.3 Å². The molecule has 0 aliphatic heterocycles. The van der Waals surface area contributed by atoms with Gasteiger partial charge in [0.2, 0.25) is 9.84 Å². The molecule has 0 atom stereocenters. The lowest BCUT2D eigenvalue weighted by Gasteiger charge is -2.08. The number of H-pyrrole nitrogens is 1. The highest BCUT2D eigenvalue weighted by Crippen LogP contribution is 2.32. The molecule has 30 heavy (non-hydrogen) atoms. The number of sulfone groups is 1. The summed E-state index contributed by atoms with van der Waals surface area (Å²) in [5.74, 6) is 0.621. The number of ether oxygens (including phenoxy) is 1. The zero-order valence-electron chi connectivity index (χ0n) is 16.9. The van der Waals surface area contributed by atoms with Gasteiger partial charge in [-0.1, -0.05) is 49.7 Å². The molecule has 2 N–H and O–H groups in total. The van der Waals surface area contributed by atoms with Gasteiger partial charge in [0.05, 0.1) is 10.4 Å². The Labute approximate surface area is 176 Å². The molecule has 4 rings (SSSR count). The number of benzene rings is 3. The Balaban J connectivity index is 1.63. The van der Waals surface area contributed by atoms with E-state index < -0.39 is 9.84 Å². The second-order valence-electron chi connectivity index (χ2n) is 7.17. The van der Waals surface area contributed by atoms with E-state index in [4.69, 9.17) is 4.74 Å². The molecule has 0 aliphatic carbocycles. The first-order valence-electron chi connectivity index (χ1n) is 10.2. The molecule has 0 saturated heterocycles. The SMILES string of the molecule is CCCCNCCOc1ccc2[nH]nc(S(=O)(=O)c3cccc4ccccc34)c2c1. The Morgan fingerprint density at radius 2 is 1.83 bits per heavy atom. The molecule has 3 aromatic carbocycles. The van der Waals surface area contributed by atoms with Gasteiger partial charge in [-0.2, -0.15) is 5.10 Å². The summed E-state index contributed by atoms with van der Waals surface area (Å²) in [6.07, 6.45) is 2.29. The second-order valence-corrected chi connectivity index (χ2v) is 9.00. The molecule has 1 heterocycles. The maximum atomic E-state index is 13.5. The van der Waals surface area contributed by atoms with Crippen LogP contribution >= 0.6 is 0 Å². The summed E-state index contributed by atoms with van der Waals surface area (Å²) in [4.78, 5) is 0.250. The van der Waals surface area contributed by atoms with Crippen LogP contribution in [0.3, 0.4) is 0 Å². The molecule has 0 aliphatic rings. The van der Waals surface area contributed by atoms with Crippen molar-refractivity contribution in [3.63, 3.8) is 0 Å². The minimum absolute atomic E-state index is 0.0142. The van der Waals surface area contributed by atoms with E-state index >= 15 is 0 Å². The number of rotatable bonds is 9. The Morgan fingerprint density at radius 3 is 2.70 bits per heavy atom. The largest absolute Gasteiger partial charge is 0.492 e. The summed E-state index contributed by atoms with van der Waals surface area (Å²) in [7, 11) is -3.81. The van der Waals surface area contributed by atoms with Gasteiger partial charge in [-0.15, -0.1) is 0 Å². The summed E-state index contributed by atoms with van der Waals surface area (Å²) in [6, 6.07) is 18.1. The number of nitrogens with one attached hydrogen (secondary N) is 2. The van der Waals surface area contributed by atoms with Crippen LogP contribution in [-0.2, 0) is 9.84 Å². The van der Waals surface area contributed by atoms with E-state index in [9.17, 15) is 8.42 Å². The zero-order valence-corrected chi connectivity index (χ0v) is 17.7. The number of hydrogen-bond donors (Lipinski definition) is 2. The minimum Gasteiger partial charge on any atom is -0.492 e. The first-order chi connectivity index (χ1) is 14.6. The average Bonchev–Trinajstić information content (AvgIpc) is 3.20. The van der Waals surface area contributed by atoms with Gasteiger partial charge in [0, 0.05) is 17.3 Å². The standard InChI is InChI=1S/C23H25N3O3S/c1-2-3-13-24-14-15-29-18-11-12-21-20(16-18)23(26-25-21)30(27,28)22-10-6-8-17-7-4-5-9-19(17)22/h4-12,16,24H,2-3,13-15H2,1H3,(H,25,26). The van der Waals surface area contributed by atoms with Gasteiger partial charge in [-0.25, -0.2) is 8.42 Å². The molecular weight excluding hydrogens is 398 g/mol. The number of aromatic nitrogens is 2. The van der Waals surface area contributed by atoms with E-state index in [-0.39, 0.29) is 9.92 Å². The lowest BCUT2D eigenvalue weighted by atomic mass is 10.1. The Hall–Kier alpha value is -2.90. The summed E-state index contributed by atoms with van der Waals surface area (Å²) < 4.78 is 32.7. The number of unbranched alkanes of at least 4 members (excludes halogenated alkanes) is 1. The van der Waals surface area contributed by atoms with Crippen LogP contribution in [0.4, 0.5) is 0 Å².